The predicted molar refractivity (Wildman–Crippen MR) is 87.0 cm³/mol. The van der Waals surface area contributed by atoms with Crippen LogP contribution in [0.25, 0.3) is 22.3 Å². The predicted octanol–water partition coefficient (Wildman–Crippen LogP) is 3.02. The Morgan fingerprint density at radius 1 is 1.09 bits per heavy atom. The van der Waals surface area contributed by atoms with Crippen molar-refractivity contribution in [2.45, 2.75) is 24.7 Å². The fourth-order valence-electron chi connectivity index (χ4n) is 4.11. The third kappa shape index (κ3) is 2.00. The largest absolute Gasteiger partial charge is 0.338 e. The topological polar surface area (TPSA) is 55.1 Å². The van der Waals surface area contributed by atoms with Gasteiger partial charge in [0, 0.05) is 18.1 Å². The van der Waals surface area contributed by atoms with Gasteiger partial charge in [-0.25, -0.2) is 0 Å². The van der Waals surface area contributed by atoms with Gasteiger partial charge in [-0.05, 0) is 43.8 Å². The summed E-state index contributed by atoms with van der Waals surface area (Å²) in [7, 11) is 0. The van der Waals surface area contributed by atoms with Gasteiger partial charge >= 0.3 is 0 Å². The van der Waals surface area contributed by atoms with E-state index in [1.807, 2.05) is 24.4 Å². The lowest BCUT2D eigenvalue weighted by Crippen LogP contribution is -2.37. The first-order chi connectivity index (χ1) is 11.3. The lowest BCUT2D eigenvalue weighted by molar-refractivity contribution is 0.201. The molecule has 3 aromatic rings. The maximum Gasteiger partial charge on any atom is 0.234 e. The fourth-order valence-corrected chi connectivity index (χ4v) is 4.11. The second-order valence-electron chi connectivity index (χ2n) is 6.71. The molecule has 2 aliphatic rings. The molecule has 0 N–H and O–H groups in total. The number of hydrogen-bond donors (Lipinski definition) is 0. The minimum Gasteiger partial charge on any atom is -0.338 e. The minimum absolute atomic E-state index is 0.0636. The summed E-state index contributed by atoms with van der Waals surface area (Å²) in [5.41, 5.74) is 0.869. The second kappa shape index (κ2) is 4.86. The number of benzene rings is 1. The number of pyridine rings is 1. The van der Waals surface area contributed by atoms with Gasteiger partial charge in [0.15, 0.2) is 0 Å². The first-order valence-electron chi connectivity index (χ1n) is 8.25. The van der Waals surface area contributed by atoms with Gasteiger partial charge in [0.05, 0.1) is 5.41 Å². The van der Waals surface area contributed by atoms with Crippen LogP contribution in [0.15, 0.2) is 41.1 Å². The third-order valence-electron chi connectivity index (χ3n) is 5.33. The van der Waals surface area contributed by atoms with Crippen molar-refractivity contribution < 1.29 is 4.52 Å². The van der Waals surface area contributed by atoms with E-state index in [1.165, 1.54) is 13.0 Å². The summed E-state index contributed by atoms with van der Waals surface area (Å²) in [6, 6.07) is 10.2. The number of rotatable bonds is 2. The Bertz CT molecular complexity index is 865. The SMILES string of the molecule is c1ccc2c(-c3noc(C45CCCN(CC4)C5)n3)nccc2c1. The average molecular weight is 306 g/mol. The number of piperidine rings is 1. The molecule has 4 heterocycles. The smallest absolute Gasteiger partial charge is 0.234 e. The van der Waals surface area contributed by atoms with Crippen LogP contribution < -0.4 is 0 Å². The highest BCUT2D eigenvalue weighted by molar-refractivity contribution is 5.92. The Kier molecular flexibility index (Phi) is 2.79. The summed E-state index contributed by atoms with van der Waals surface area (Å²) in [6.07, 6.45) is 5.29. The van der Waals surface area contributed by atoms with Crippen molar-refractivity contribution in [3.63, 3.8) is 0 Å². The number of hydrogen-bond acceptors (Lipinski definition) is 5. The van der Waals surface area contributed by atoms with Crippen LogP contribution in [0.1, 0.15) is 25.2 Å². The van der Waals surface area contributed by atoms with E-state index < -0.39 is 0 Å². The molecular formula is C18H18N4O. The van der Waals surface area contributed by atoms with Crippen molar-refractivity contribution in [2.24, 2.45) is 0 Å². The molecule has 0 aliphatic carbocycles. The lowest BCUT2D eigenvalue weighted by Gasteiger charge is -2.30. The maximum atomic E-state index is 5.70. The highest BCUT2D eigenvalue weighted by atomic mass is 16.5. The molecule has 2 bridgehead atoms. The van der Waals surface area contributed by atoms with Crippen LogP contribution in [-0.4, -0.2) is 39.7 Å². The van der Waals surface area contributed by atoms with Crippen molar-refractivity contribution in [1.82, 2.24) is 20.0 Å². The zero-order valence-electron chi connectivity index (χ0n) is 12.9. The van der Waals surface area contributed by atoms with Gasteiger partial charge in [-0.2, -0.15) is 4.98 Å². The molecule has 2 fully saturated rings. The van der Waals surface area contributed by atoms with Crippen molar-refractivity contribution >= 4 is 10.8 Å². The van der Waals surface area contributed by atoms with Crippen LogP contribution in [0.3, 0.4) is 0 Å². The quantitative estimate of drug-likeness (QED) is 0.728. The molecule has 0 amide bonds. The van der Waals surface area contributed by atoms with E-state index in [9.17, 15) is 0 Å². The van der Waals surface area contributed by atoms with E-state index in [0.717, 1.165) is 48.3 Å². The summed E-state index contributed by atoms with van der Waals surface area (Å²) in [5.74, 6) is 1.40. The van der Waals surface area contributed by atoms with Crippen LogP contribution in [0, 0.1) is 0 Å². The Morgan fingerprint density at radius 3 is 3.04 bits per heavy atom. The zero-order chi connectivity index (χ0) is 15.3. The highest BCUT2D eigenvalue weighted by Crippen LogP contribution is 2.41. The Labute approximate surface area is 134 Å². The molecule has 2 atom stereocenters. The summed E-state index contributed by atoms with van der Waals surface area (Å²) in [6.45, 7) is 3.40. The Balaban J connectivity index is 1.59. The second-order valence-corrected chi connectivity index (χ2v) is 6.71. The van der Waals surface area contributed by atoms with Crippen LogP contribution in [0.5, 0.6) is 0 Å². The van der Waals surface area contributed by atoms with E-state index >= 15 is 0 Å². The van der Waals surface area contributed by atoms with Gasteiger partial charge in [-0.15, -0.1) is 0 Å². The lowest BCUT2D eigenvalue weighted by atomic mass is 9.81. The van der Waals surface area contributed by atoms with E-state index in [1.54, 1.807) is 0 Å². The van der Waals surface area contributed by atoms with Crippen molar-refractivity contribution in [3.05, 3.63) is 42.4 Å². The fraction of sp³-hybridized carbons (Fsp3) is 0.389. The van der Waals surface area contributed by atoms with Gasteiger partial charge in [-0.3, -0.25) is 4.98 Å². The van der Waals surface area contributed by atoms with Crippen molar-refractivity contribution in [3.8, 4) is 11.5 Å². The molecule has 0 spiro atoms. The zero-order valence-corrected chi connectivity index (χ0v) is 12.9. The Morgan fingerprint density at radius 2 is 2.04 bits per heavy atom. The Hall–Kier alpha value is -2.27. The maximum absolute atomic E-state index is 5.70. The molecule has 1 aromatic carbocycles. The molecule has 0 saturated carbocycles. The molecule has 2 saturated heterocycles. The molecule has 5 rings (SSSR count). The number of fused-ring (bicyclic) bond motifs is 3. The normalized spacial score (nSPS) is 26.7. The average Bonchev–Trinajstić information content (AvgIpc) is 3.20. The van der Waals surface area contributed by atoms with Gasteiger partial charge in [0.1, 0.15) is 5.69 Å². The van der Waals surface area contributed by atoms with E-state index in [-0.39, 0.29) is 5.41 Å². The first kappa shape index (κ1) is 13.2. The van der Waals surface area contributed by atoms with Gasteiger partial charge < -0.3 is 9.42 Å². The first-order valence-corrected chi connectivity index (χ1v) is 8.25. The summed E-state index contributed by atoms with van der Waals surface area (Å²) >= 11 is 0. The van der Waals surface area contributed by atoms with Gasteiger partial charge in [0.25, 0.3) is 0 Å². The van der Waals surface area contributed by atoms with Gasteiger partial charge in [-0.1, -0.05) is 29.4 Å². The molecular weight excluding hydrogens is 288 g/mol. The number of nitrogens with zero attached hydrogens (tertiary/aromatic N) is 4. The minimum atomic E-state index is 0.0636. The molecule has 5 heteroatoms. The summed E-state index contributed by atoms with van der Waals surface area (Å²) < 4.78 is 5.70. The number of aromatic nitrogens is 3. The molecule has 0 radical (unpaired) electrons. The van der Waals surface area contributed by atoms with Gasteiger partial charge in [0.2, 0.25) is 11.7 Å². The monoisotopic (exact) mass is 306 g/mol. The summed E-state index contributed by atoms with van der Waals surface area (Å²) in [5, 5.41) is 6.47. The third-order valence-corrected chi connectivity index (χ3v) is 5.33. The standard InChI is InChI=1S/C18H18N4O/c1-2-5-14-13(4-1)6-9-19-15(14)16-20-17(23-21-16)18-7-3-10-22(12-18)11-8-18/h1-2,4-6,9H,3,7-8,10-12H2. The van der Waals surface area contributed by atoms with Crippen LogP contribution in [0.2, 0.25) is 0 Å². The van der Waals surface area contributed by atoms with E-state index in [4.69, 9.17) is 9.51 Å². The highest BCUT2D eigenvalue weighted by Gasteiger charge is 2.46. The van der Waals surface area contributed by atoms with Crippen molar-refractivity contribution in [1.29, 1.82) is 0 Å². The van der Waals surface area contributed by atoms with Crippen molar-refractivity contribution in [2.75, 3.05) is 19.6 Å². The van der Waals surface area contributed by atoms with Crippen LogP contribution in [0.4, 0.5) is 0 Å². The van der Waals surface area contributed by atoms with E-state index in [2.05, 4.69) is 27.2 Å². The molecule has 23 heavy (non-hydrogen) atoms. The van der Waals surface area contributed by atoms with Crippen LogP contribution in [-0.2, 0) is 5.41 Å². The molecule has 2 aromatic heterocycles. The molecule has 2 aliphatic heterocycles. The molecule has 2 unspecified atom stereocenters. The van der Waals surface area contributed by atoms with E-state index in [0.29, 0.717) is 5.82 Å². The molecule has 5 nitrogen and oxygen atoms in total. The molecule has 116 valence electrons. The summed E-state index contributed by atoms with van der Waals surface area (Å²) in [4.78, 5) is 11.8. The van der Waals surface area contributed by atoms with Crippen LogP contribution >= 0.6 is 0 Å².